The zero-order valence-corrected chi connectivity index (χ0v) is 15.5. The Morgan fingerprint density at radius 2 is 1.20 bits per heavy atom. The molecule has 0 amide bonds. The quantitative estimate of drug-likeness (QED) is 0.504. The van der Waals surface area contributed by atoms with Gasteiger partial charge in [0.2, 0.25) is 0 Å². The molecule has 2 aromatic carbocycles. The van der Waals surface area contributed by atoms with Crippen molar-refractivity contribution in [1.82, 2.24) is 0 Å². The molecule has 0 atom stereocenters. The van der Waals surface area contributed by atoms with Crippen molar-refractivity contribution in [3.05, 3.63) is 57.6 Å². The highest BCUT2D eigenvalue weighted by Gasteiger charge is 2.10. The summed E-state index contributed by atoms with van der Waals surface area (Å²) in [5, 5.41) is 1.22. The summed E-state index contributed by atoms with van der Waals surface area (Å²) in [7, 11) is 0. The van der Waals surface area contributed by atoms with Gasteiger partial charge >= 0.3 is 11.9 Å². The van der Waals surface area contributed by atoms with Gasteiger partial charge in [0, 0.05) is 22.9 Å². The number of ether oxygens (including phenoxy) is 2. The highest BCUT2D eigenvalue weighted by molar-refractivity contribution is 6.31. The van der Waals surface area contributed by atoms with Crippen molar-refractivity contribution in [3.63, 3.8) is 0 Å². The Bertz CT molecular complexity index is 721. The van der Waals surface area contributed by atoms with E-state index >= 15 is 0 Å². The second-order valence-electron chi connectivity index (χ2n) is 5.62. The summed E-state index contributed by atoms with van der Waals surface area (Å²) in [5.41, 5.74) is 1.66. The number of esters is 2. The van der Waals surface area contributed by atoms with Crippen LogP contribution < -0.4 is 9.47 Å². The zero-order valence-electron chi connectivity index (χ0n) is 14.0. The maximum atomic E-state index is 11.8. The third-order valence-electron chi connectivity index (χ3n) is 3.48. The van der Waals surface area contributed by atoms with Crippen molar-refractivity contribution in [2.45, 2.75) is 33.1 Å². The van der Waals surface area contributed by atoms with Crippen molar-refractivity contribution in [2.75, 3.05) is 0 Å². The minimum absolute atomic E-state index is 0.121. The van der Waals surface area contributed by atoms with Gasteiger partial charge in [0.05, 0.1) is 0 Å². The van der Waals surface area contributed by atoms with Gasteiger partial charge in [-0.05, 0) is 67.8 Å². The molecule has 0 aliphatic carbocycles. The van der Waals surface area contributed by atoms with Crippen LogP contribution in [0.2, 0.25) is 10.0 Å². The largest absolute Gasteiger partial charge is 0.427 e. The minimum Gasteiger partial charge on any atom is -0.427 e. The zero-order chi connectivity index (χ0) is 18.4. The molecule has 6 heteroatoms. The number of carbonyl (C=O) groups is 2. The number of halogens is 2. The summed E-state index contributed by atoms with van der Waals surface area (Å²) < 4.78 is 10.4. The molecule has 4 nitrogen and oxygen atoms in total. The fourth-order valence-electron chi connectivity index (χ4n) is 2.10. The SMILES string of the molecule is Cc1cc(OC(=O)CCCC(=O)Oc2ccc(Cl)c(C)c2)ccc1Cl. The van der Waals surface area contributed by atoms with Crippen LogP contribution in [0.3, 0.4) is 0 Å². The van der Waals surface area contributed by atoms with E-state index in [1.165, 1.54) is 0 Å². The molecule has 0 unspecified atom stereocenters. The van der Waals surface area contributed by atoms with Crippen molar-refractivity contribution < 1.29 is 19.1 Å². The molecule has 0 spiro atoms. The van der Waals surface area contributed by atoms with Crippen molar-refractivity contribution >= 4 is 35.1 Å². The van der Waals surface area contributed by atoms with Crippen LogP contribution in [0.15, 0.2) is 36.4 Å². The Balaban J connectivity index is 1.75. The first kappa shape index (κ1) is 19.3. The van der Waals surface area contributed by atoms with E-state index in [1.54, 1.807) is 36.4 Å². The molecule has 0 radical (unpaired) electrons. The van der Waals surface area contributed by atoms with Crippen LogP contribution in [-0.4, -0.2) is 11.9 Å². The monoisotopic (exact) mass is 380 g/mol. The summed E-state index contributed by atoms with van der Waals surface area (Å²) in [5.74, 6) is 0.0611. The minimum atomic E-state index is -0.406. The lowest BCUT2D eigenvalue weighted by molar-refractivity contribution is -0.136. The van der Waals surface area contributed by atoms with Gasteiger partial charge in [-0.1, -0.05) is 23.2 Å². The molecule has 0 saturated carbocycles. The van der Waals surface area contributed by atoms with Crippen LogP contribution in [0.1, 0.15) is 30.4 Å². The van der Waals surface area contributed by atoms with Gasteiger partial charge in [-0.3, -0.25) is 9.59 Å². The van der Waals surface area contributed by atoms with Crippen molar-refractivity contribution in [1.29, 1.82) is 0 Å². The van der Waals surface area contributed by atoms with Gasteiger partial charge in [0.25, 0.3) is 0 Å². The average Bonchev–Trinajstić information content (AvgIpc) is 2.54. The molecule has 25 heavy (non-hydrogen) atoms. The summed E-state index contributed by atoms with van der Waals surface area (Å²) in [6.45, 7) is 3.66. The lowest BCUT2D eigenvalue weighted by Gasteiger charge is -2.07. The van der Waals surface area contributed by atoms with Crippen LogP contribution in [0.4, 0.5) is 0 Å². The summed E-state index contributed by atoms with van der Waals surface area (Å²) >= 11 is 11.8. The van der Waals surface area contributed by atoms with E-state index in [-0.39, 0.29) is 12.8 Å². The first-order valence-corrected chi connectivity index (χ1v) is 8.54. The molecular formula is C19H18Cl2O4. The number of hydrogen-bond acceptors (Lipinski definition) is 4. The summed E-state index contributed by atoms with van der Waals surface area (Å²) in [6, 6.07) is 9.99. The molecule has 0 heterocycles. The molecule has 0 fully saturated rings. The van der Waals surface area contributed by atoms with Crippen LogP contribution >= 0.6 is 23.2 Å². The highest BCUT2D eigenvalue weighted by atomic mass is 35.5. The average molecular weight is 381 g/mol. The number of aryl methyl sites for hydroxylation is 2. The van der Waals surface area contributed by atoms with Crippen molar-refractivity contribution in [3.8, 4) is 11.5 Å². The maximum absolute atomic E-state index is 11.8. The first-order chi connectivity index (χ1) is 11.8. The van der Waals surface area contributed by atoms with Crippen LogP contribution in [0.25, 0.3) is 0 Å². The predicted molar refractivity (Wildman–Crippen MR) is 97.5 cm³/mol. The van der Waals surface area contributed by atoms with Crippen LogP contribution in [-0.2, 0) is 9.59 Å². The Morgan fingerprint density at radius 3 is 1.56 bits per heavy atom. The van der Waals surface area contributed by atoms with Gasteiger partial charge in [0.1, 0.15) is 11.5 Å². The molecule has 0 aliphatic heterocycles. The van der Waals surface area contributed by atoms with E-state index < -0.39 is 11.9 Å². The molecule has 2 rings (SSSR count). The fraction of sp³-hybridized carbons (Fsp3) is 0.263. The second-order valence-corrected chi connectivity index (χ2v) is 6.44. The molecule has 0 saturated heterocycles. The smallest absolute Gasteiger partial charge is 0.311 e. The molecular weight excluding hydrogens is 363 g/mol. The fourth-order valence-corrected chi connectivity index (χ4v) is 2.34. The van der Waals surface area contributed by atoms with E-state index in [1.807, 2.05) is 13.8 Å². The summed E-state index contributed by atoms with van der Waals surface area (Å²) in [6.07, 6.45) is 0.587. The second kappa shape index (κ2) is 8.88. The van der Waals surface area contributed by atoms with Crippen LogP contribution in [0.5, 0.6) is 11.5 Å². The van der Waals surface area contributed by atoms with E-state index in [0.29, 0.717) is 28.0 Å². The summed E-state index contributed by atoms with van der Waals surface area (Å²) in [4.78, 5) is 23.6. The number of benzene rings is 2. The van der Waals surface area contributed by atoms with Gasteiger partial charge in [0.15, 0.2) is 0 Å². The number of hydrogen-bond donors (Lipinski definition) is 0. The Morgan fingerprint density at radius 1 is 0.800 bits per heavy atom. The van der Waals surface area contributed by atoms with E-state index in [2.05, 4.69) is 0 Å². The Hall–Kier alpha value is -2.04. The molecule has 0 aromatic heterocycles. The molecule has 0 N–H and O–H groups in total. The first-order valence-electron chi connectivity index (χ1n) is 7.79. The molecule has 0 bridgehead atoms. The topological polar surface area (TPSA) is 52.6 Å². The third-order valence-corrected chi connectivity index (χ3v) is 4.33. The lowest BCUT2D eigenvalue weighted by Crippen LogP contribution is -2.11. The van der Waals surface area contributed by atoms with E-state index in [4.69, 9.17) is 32.7 Å². The molecule has 2 aromatic rings. The van der Waals surface area contributed by atoms with Gasteiger partial charge < -0.3 is 9.47 Å². The van der Waals surface area contributed by atoms with E-state index in [9.17, 15) is 9.59 Å². The number of carbonyl (C=O) groups excluding carboxylic acids is 2. The van der Waals surface area contributed by atoms with Gasteiger partial charge in [-0.2, -0.15) is 0 Å². The molecule has 132 valence electrons. The predicted octanol–water partition coefficient (Wildman–Crippen LogP) is 5.29. The van der Waals surface area contributed by atoms with Gasteiger partial charge in [-0.25, -0.2) is 0 Å². The van der Waals surface area contributed by atoms with Gasteiger partial charge in [-0.15, -0.1) is 0 Å². The lowest BCUT2D eigenvalue weighted by atomic mass is 10.2. The van der Waals surface area contributed by atoms with Crippen LogP contribution in [0, 0.1) is 13.8 Å². The van der Waals surface area contributed by atoms with E-state index in [0.717, 1.165) is 11.1 Å². The standard InChI is InChI=1S/C19H18Cl2O4/c1-12-10-14(6-8-16(12)20)24-18(22)4-3-5-19(23)25-15-7-9-17(21)13(2)11-15/h6-11H,3-5H2,1-2H3. The normalized spacial score (nSPS) is 10.4. The molecule has 0 aliphatic rings. The highest BCUT2D eigenvalue weighted by Crippen LogP contribution is 2.22. The van der Waals surface area contributed by atoms with Crippen molar-refractivity contribution in [2.24, 2.45) is 0 Å². The Labute approximate surface area is 156 Å². The number of rotatable bonds is 6. The Kier molecular flexibility index (Phi) is 6.85. The third kappa shape index (κ3) is 6.07. The maximum Gasteiger partial charge on any atom is 0.311 e.